The molecule has 0 spiro atoms. The maximum Gasteiger partial charge on any atom is 0.243 e. The lowest BCUT2D eigenvalue weighted by Crippen LogP contribution is -2.50. The lowest BCUT2D eigenvalue weighted by atomic mass is 9.86. The van der Waals surface area contributed by atoms with Gasteiger partial charge in [-0.2, -0.15) is 0 Å². The summed E-state index contributed by atoms with van der Waals surface area (Å²) in [5.74, 6) is 0.228. The molecule has 0 radical (unpaired) electrons. The number of hydrogen-bond acceptors (Lipinski definition) is 4. The molecule has 6 nitrogen and oxygen atoms in total. The summed E-state index contributed by atoms with van der Waals surface area (Å²) in [6, 6.07) is -0.134. The van der Waals surface area contributed by atoms with Crippen LogP contribution in [0.1, 0.15) is 71.1 Å². The van der Waals surface area contributed by atoms with Crippen molar-refractivity contribution in [2.45, 2.75) is 83.2 Å². The molecular formula is C20H36N4O2S. The lowest BCUT2D eigenvalue weighted by molar-refractivity contribution is -0.127. The van der Waals surface area contributed by atoms with Gasteiger partial charge in [-0.15, -0.1) is 0 Å². The third-order valence-corrected chi connectivity index (χ3v) is 6.34. The average Bonchev–Trinajstić information content (AvgIpc) is 3.02. The molecule has 7 heteroatoms. The van der Waals surface area contributed by atoms with Crippen molar-refractivity contribution in [3.8, 4) is 0 Å². The monoisotopic (exact) mass is 396 g/mol. The smallest absolute Gasteiger partial charge is 0.243 e. The van der Waals surface area contributed by atoms with Crippen molar-refractivity contribution in [3.63, 3.8) is 0 Å². The van der Waals surface area contributed by atoms with E-state index in [1.807, 2.05) is 4.90 Å². The Bertz CT molecular complexity index is 508. The fourth-order valence-corrected chi connectivity index (χ4v) is 4.76. The van der Waals surface area contributed by atoms with Crippen LogP contribution in [-0.4, -0.2) is 53.4 Å². The van der Waals surface area contributed by atoms with Gasteiger partial charge in [-0.05, 0) is 38.1 Å². The molecule has 1 aliphatic heterocycles. The van der Waals surface area contributed by atoms with Crippen LogP contribution >= 0.6 is 12.2 Å². The van der Waals surface area contributed by atoms with Crippen molar-refractivity contribution in [2.24, 2.45) is 11.7 Å². The summed E-state index contributed by atoms with van der Waals surface area (Å²) in [7, 11) is 0. The third kappa shape index (κ3) is 7.03. The van der Waals surface area contributed by atoms with E-state index in [9.17, 15) is 9.59 Å². The molecule has 2 atom stereocenters. The highest BCUT2D eigenvalue weighted by Crippen LogP contribution is 2.27. The van der Waals surface area contributed by atoms with Crippen LogP contribution in [0.5, 0.6) is 0 Å². The lowest BCUT2D eigenvalue weighted by Gasteiger charge is -2.29. The van der Waals surface area contributed by atoms with Gasteiger partial charge in [0.1, 0.15) is 6.04 Å². The molecular weight excluding hydrogens is 360 g/mol. The molecule has 1 saturated carbocycles. The number of nitrogens with two attached hydrogens (primary N) is 1. The van der Waals surface area contributed by atoms with Gasteiger partial charge in [-0.3, -0.25) is 9.59 Å². The van der Waals surface area contributed by atoms with Gasteiger partial charge in [-0.25, -0.2) is 0 Å². The Hall–Kier alpha value is -1.21. The second kappa shape index (κ2) is 11.6. The maximum atomic E-state index is 12.5. The highest BCUT2D eigenvalue weighted by Gasteiger charge is 2.35. The topological polar surface area (TPSA) is 87.5 Å². The SMILES string of the molecule is CCC[C@@H](C(=O)NCC(N)=O)N1CC[C@@H](NCCCC2CCCCC2)C1=S. The number of likely N-dealkylation sites (tertiary alicyclic amines) is 1. The highest BCUT2D eigenvalue weighted by molar-refractivity contribution is 7.80. The molecule has 1 saturated heterocycles. The molecule has 0 aromatic heterocycles. The first kappa shape index (κ1) is 22.1. The summed E-state index contributed by atoms with van der Waals surface area (Å²) in [5, 5.41) is 6.23. The number of primary amides is 1. The summed E-state index contributed by atoms with van der Waals surface area (Å²) < 4.78 is 0. The summed E-state index contributed by atoms with van der Waals surface area (Å²) in [5.41, 5.74) is 5.14. The number of thiocarbonyl (C=S) groups is 1. The van der Waals surface area contributed by atoms with Crippen LogP contribution < -0.4 is 16.4 Å². The summed E-state index contributed by atoms with van der Waals surface area (Å²) in [4.78, 5) is 26.3. The van der Waals surface area contributed by atoms with Crippen molar-refractivity contribution in [2.75, 3.05) is 19.6 Å². The van der Waals surface area contributed by atoms with Crippen molar-refractivity contribution >= 4 is 29.0 Å². The minimum atomic E-state index is -0.528. The summed E-state index contributed by atoms with van der Waals surface area (Å²) in [6.45, 7) is 3.70. The maximum absolute atomic E-state index is 12.5. The van der Waals surface area contributed by atoms with Crippen LogP contribution in [-0.2, 0) is 9.59 Å². The molecule has 27 heavy (non-hydrogen) atoms. The van der Waals surface area contributed by atoms with Gasteiger partial charge < -0.3 is 21.3 Å². The molecule has 0 aromatic rings. The standard InChI is InChI=1S/C20H36N4O2S/c1-2-7-17(19(26)23-14-18(21)25)24-13-11-16(20(24)27)22-12-6-10-15-8-4-3-5-9-15/h15-17,22H,2-14H2,1H3,(H2,21,25)(H,23,26)/t16-,17+/m1/s1. The molecule has 2 aliphatic rings. The molecule has 0 unspecified atom stereocenters. The van der Waals surface area contributed by atoms with Gasteiger partial charge >= 0.3 is 0 Å². The van der Waals surface area contributed by atoms with Crippen molar-refractivity contribution in [3.05, 3.63) is 0 Å². The van der Waals surface area contributed by atoms with Gasteiger partial charge in [0.25, 0.3) is 0 Å². The molecule has 0 bridgehead atoms. The molecule has 0 aromatic carbocycles. The van der Waals surface area contributed by atoms with Crippen molar-refractivity contribution in [1.29, 1.82) is 0 Å². The van der Waals surface area contributed by atoms with E-state index in [4.69, 9.17) is 18.0 Å². The zero-order valence-corrected chi connectivity index (χ0v) is 17.5. The summed E-state index contributed by atoms with van der Waals surface area (Å²) >= 11 is 5.67. The number of carbonyl (C=O) groups is 2. The molecule has 1 aliphatic carbocycles. The van der Waals surface area contributed by atoms with Crippen LogP contribution in [0, 0.1) is 5.92 Å². The Labute approximate surface area is 169 Å². The van der Waals surface area contributed by atoms with E-state index in [0.29, 0.717) is 0 Å². The number of carbonyl (C=O) groups excluding carboxylic acids is 2. The van der Waals surface area contributed by atoms with Gasteiger partial charge in [0.2, 0.25) is 11.8 Å². The highest BCUT2D eigenvalue weighted by atomic mass is 32.1. The van der Waals surface area contributed by atoms with Crippen LogP contribution in [0.2, 0.25) is 0 Å². The third-order valence-electron chi connectivity index (χ3n) is 5.82. The van der Waals surface area contributed by atoms with E-state index < -0.39 is 5.91 Å². The first-order valence-corrected chi connectivity index (χ1v) is 11.0. The molecule has 2 rings (SSSR count). The Morgan fingerprint density at radius 3 is 2.67 bits per heavy atom. The number of nitrogens with zero attached hydrogens (tertiary/aromatic N) is 1. The first-order chi connectivity index (χ1) is 13.0. The van der Waals surface area contributed by atoms with Gasteiger partial charge in [0.15, 0.2) is 0 Å². The van der Waals surface area contributed by atoms with E-state index in [1.165, 1.54) is 44.9 Å². The number of amides is 2. The van der Waals surface area contributed by atoms with Gasteiger partial charge in [0, 0.05) is 6.54 Å². The quantitative estimate of drug-likeness (QED) is 0.368. The second-order valence-corrected chi connectivity index (χ2v) is 8.38. The second-order valence-electron chi connectivity index (χ2n) is 7.96. The van der Waals surface area contributed by atoms with E-state index >= 15 is 0 Å². The summed E-state index contributed by atoms with van der Waals surface area (Å²) in [6.07, 6.45) is 12.0. The number of nitrogens with one attached hydrogen (secondary N) is 2. The zero-order chi connectivity index (χ0) is 19.6. The van der Waals surface area contributed by atoms with E-state index in [0.717, 1.165) is 43.3 Å². The fourth-order valence-electron chi connectivity index (χ4n) is 4.34. The van der Waals surface area contributed by atoms with Crippen LogP contribution in [0.25, 0.3) is 0 Å². The van der Waals surface area contributed by atoms with E-state index in [1.54, 1.807) is 0 Å². The molecule has 2 fully saturated rings. The predicted molar refractivity (Wildman–Crippen MR) is 112 cm³/mol. The van der Waals surface area contributed by atoms with Crippen LogP contribution in [0.4, 0.5) is 0 Å². The average molecular weight is 397 g/mol. The normalized spacial score (nSPS) is 22.0. The molecule has 1 heterocycles. The Morgan fingerprint density at radius 2 is 2.00 bits per heavy atom. The van der Waals surface area contributed by atoms with Crippen LogP contribution in [0.15, 0.2) is 0 Å². The molecule has 4 N–H and O–H groups in total. The fraction of sp³-hybridized carbons (Fsp3) is 0.850. The zero-order valence-electron chi connectivity index (χ0n) is 16.7. The van der Waals surface area contributed by atoms with Crippen LogP contribution in [0.3, 0.4) is 0 Å². The molecule has 154 valence electrons. The Kier molecular flexibility index (Phi) is 9.48. The van der Waals surface area contributed by atoms with Crippen molar-refractivity contribution in [1.82, 2.24) is 15.5 Å². The first-order valence-electron chi connectivity index (χ1n) is 10.6. The van der Waals surface area contributed by atoms with Gasteiger partial charge in [-0.1, -0.05) is 57.7 Å². The minimum absolute atomic E-state index is 0.123. The van der Waals surface area contributed by atoms with E-state index in [-0.39, 0.29) is 24.5 Å². The van der Waals surface area contributed by atoms with Crippen molar-refractivity contribution < 1.29 is 9.59 Å². The number of rotatable bonds is 11. The largest absolute Gasteiger partial charge is 0.368 e. The predicted octanol–water partition coefficient (Wildman–Crippen LogP) is 2.11. The van der Waals surface area contributed by atoms with Gasteiger partial charge in [0.05, 0.1) is 17.6 Å². The molecule has 2 amide bonds. The minimum Gasteiger partial charge on any atom is -0.368 e. The Morgan fingerprint density at radius 1 is 1.26 bits per heavy atom. The Balaban J connectivity index is 1.76. The number of hydrogen-bond donors (Lipinski definition) is 3. The van der Waals surface area contributed by atoms with E-state index in [2.05, 4.69) is 17.6 Å².